The number of phenols is 2. The molecule has 0 spiro atoms. The number of carbonyl (C=O) groups is 3. The third-order valence-corrected chi connectivity index (χ3v) is 5.01. The fourth-order valence-electron chi connectivity index (χ4n) is 3.30. The minimum Gasteiger partial charge on any atom is -0.508 e. The normalized spacial score (nSPS) is 18.4. The molecule has 0 aromatic heterocycles. The van der Waals surface area contributed by atoms with Gasteiger partial charge in [0.25, 0.3) is 5.91 Å². The number of phenolic OH excluding ortho intramolecular Hbond substituents is 2. The average molecular weight is 482 g/mol. The molecule has 1 fully saturated rings. The minimum absolute atomic E-state index is 0.0116. The van der Waals surface area contributed by atoms with Gasteiger partial charge >= 0.3 is 18.1 Å². The van der Waals surface area contributed by atoms with Crippen molar-refractivity contribution in [2.75, 3.05) is 13.1 Å². The number of alkyl halides is 3. The first-order valence-electron chi connectivity index (χ1n) is 10.2. The van der Waals surface area contributed by atoms with Crippen molar-refractivity contribution in [3.8, 4) is 17.2 Å². The van der Waals surface area contributed by atoms with E-state index in [1.807, 2.05) is 0 Å². The van der Waals surface area contributed by atoms with E-state index in [4.69, 9.17) is 4.74 Å². The van der Waals surface area contributed by atoms with Crippen LogP contribution >= 0.6 is 0 Å². The Kier molecular flexibility index (Phi) is 7.61. The third kappa shape index (κ3) is 6.16. The predicted octanol–water partition coefficient (Wildman–Crippen LogP) is 2.27. The van der Waals surface area contributed by atoms with Crippen LogP contribution in [0.1, 0.15) is 33.6 Å². The van der Waals surface area contributed by atoms with Gasteiger partial charge in [0.05, 0.1) is 6.04 Å². The maximum absolute atomic E-state index is 12.7. The summed E-state index contributed by atoms with van der Waals surface area (Å²) in [7, 11) is 0. The zero-order valence-electron chi connectivity index (χ0n) is 17.6. The molecule has 0 unspecified atom stereocenters. The standard InChI is InChI=1S/C22H21F3N2O7/c23-22(24,25)21(32)34-17-4-1-3-14(18(17)29)20(31)33-16-5-2-10-26-11-15(16)27-19(30)12-6-8-13(28)9-7-12/h1,3-4,6-9,15-16,26,28-29H,2,5,10-11H2,(H,27,30)/t15-,16-/m1/s1. The molecule has 1 saturated heterocycles. The van der Waals surface area contributed by atoms with E-state index in [-0.39, 0.29) is 17.9 Å². The maximum Gasteiger partial charge on any atom is 0.491 e. The van der Waals surface area contributed by atoms with Gasteiger partial charge in [0.2, 0.25) is 0 Å². The molecular formula is C22H21F3N2O7. The molecule has 1 aliphatic rings. The van der Waals surface area contributed by atoms with Crippen LogP contribution in [-0.4, -0.2) is 59.5 Å². The summed E-state index contributed by atoms with van der Waals surface area (Å²) < 4.78 is 47.0. The van der Waals surface area contributed by atoms with Gasteiger partial charge in [-0.25, -0.2) is 9.59 Å². The molecule has 0 radical (unpaired) electrons. The first kappa shape index (κ1) is 24.8. The van der Waals surface area contributed by atoms with Crippen molar-refractivity contribution in [2.45, 2.75) is 31.2 Å². The van der Waals surface area contributed by atoms with Gasteiger partial charge in [-0.1, -0.05) is 6.07 Å². The molecule has 182 valence electrons. The van der Waals surface area contributed by atoms with E-state index in [0.29, 0.717) is 19.4 Å². The molecule has 2 aromatic carbocycles. The summed E-state index contributed by atoms with van der Waals surface area (Å²) in [5.41, 5.74) is -0.239. The fourth-order valence-corrected chi connectivity index (χ4v) is 3.30. The Bertz CT molecular complexity index is 1060. The minimum atomic E-state index is -5.29. The molecule has 2 aromatic rings. The molecule has 34 heavy (non-hydrogen) atoms. The molecule has 3 rings (SSSR count). The highest BCUT2D eigenvalue weighted by Crippen LogP contribution is 2.32. The quantitative estimate of drug-likeness (QED) is 0.377. The Labute approximate surface area is 191 Å². The predicted molar refractivity (Wildman–Crippen MR) is 110 cm³/mol. The van der Waals surface area contributed by atoms with Gasteiger partial charge in [-0.2, -0.15) is 13.2 Å². The van der Waals surface area contributed by atoms with Crippen molar-refractivity contribution in [3.63, 3.8) is 0 Å². The van der Waals surface area contributed by atoms with Crippen molar-refractivity contribution >= 4 is 17.8 Å². The largest absolute Gasteiger partial charge is 0.508 e. The van der Waals surface area contributed by atoms with E-state index < -0.39 is 53.2 Å². The smallest absolute Gasteiger partial charge is 0.491 e. The number of aromatic hydroxyl groups is 2. The number of ether oxygens (including phenoxy) is 2. The van der Waals surface area contributed by atoms with E-state index in [9.17, 15) is 37.8 Å². The van der Waals surface area contributed by atoms with Crippen molar-refractivity contribution in [1.82, 2.24) is 10.6 Å². The number of esters is 2. The number of nitrogens with one attached hydrogen (secondary N) is 2. The third-order valence-electron chi connectivity index (χ3n) is 5.01. The number of rotatable bonds is 5. The van der Waals surface area contributed by atoms with Crippen LogP contribution in [0.25, 0.3) is 0 Å². The fraction of sp³-hybridized carbons (Fsp3) is 0.318. The average Bonchev–Trinajstić information content (AvgIpc) is 2.99. The van der Waals surface area contributed by atoms with Gasteiger partial charge in [-0.3, -0.25) is 4.79 Å². The SMILES string of the molecule is O=C(N[C@@H]1CNCCC[C@H]1OC(=O)c1cccc(OC(=O)C(F)(F)F)c1O)c1ccc(O)cc1. The highest BCUT2D eigenvalue weighted by Gasteiger charge is 2.42. The summed E-state index contributed by atoms with van der Waals surface area (Å²) in [4.78, 5) is 36.4. The molecule has 12 heteroatoms. The number of halogens is 3. The van der Waals surface area contributed by atoms with Crippen LogP contribution in [0.2, 0.25) is 0 Å². The molecule has 0 aliphatic carbocycles. The maximum atomic E-state index is 12.7. The van der Waals surface area contributed by atoms with Crippen LogP contribution in [0.3, 0.4) is 0 Å². The summed E-state index contributed by atoms with van der Waals surface area (Å²) in [5.74, 6) is -5.95. The van der Waals surface area contributed by atoms with Crippen molar-refractivity contribution in [1.29, 1.82) is 0 Å². The Morgan fingerprint density at radius 3 is 2.44 bits per heavy atom. The van der Waals surface area contributed by atoms with Crippen LogP contribution in [0.4, 0.5) is 13.2 Å². The van der Waals surface area contributed by atoms with E-state index >= 15 is 0 Å². The lowest BCUT2D eigenvalue weighted by Gasteiger charge is -2.26. The van der Waals surface area contributed by atoms with Crippen LogP contribution in [0.15, 0.2) is 42.5 Å². The van der Waals surface area contributed by atoms with Crippen molar-refractivity contribution in [2.24, 2.45) is 0 Å². The zero-order chi connectivity index (χ0) is 24.9. The Hall–Kier alpha value is -3.80. The number of hydrogen-bond acceptors (Lipinski definition) is 8. The number of hydrogen-bond donors (Lipinski definition) is 4. The lowest BCUT2D eigenvalue weighted by molar-refractivity contribution is -0.189. The summed E-state index contributed by atoms with van der Waals surface area (Å²) in [6, 6.07) is 7.98. The molecule has 9 nitrogen and oxygen atoms in total. The molecular weight excluding hydrogens is 461 g/mol. The molecule has 0 bridgehead atoms. The zero-order valence-corrected chi connectivity index (χ0v) is 17.6. The highest BCUT2D eigenvalue weighted by molar-refractivity contribution is 5.95. The molecule has 1 amide bonds. The molecule has 0 saturated carbocycles. The molecule has 4 N–H and O–H groups in total. The number of benzene rings is 2. The Balaban J connectivity index is 1.74. The lowest BCUT2D eigenvalue weighted by Crippen LogP contribution is -2.49. The Morgan fingerprint density at radius 1 is 1.06 bits per heavy atom. The van der Waals surface area contributed by atoms with Crippen LogP contribution in [0, 0.1) is 0 Å². The summed E-state index contributed by atoms with van der Waals surface area (Å²) >= 11 is 0. The number of para-hydroxylation sites is 1. The van der Waals surface area contributed by atoms with Gasteiger partial charge in [0.15, 0.2) is 11.5 Å². The van der Waals surface area contributed by atoms with Gasteiger partial charge in [0.1, 0.15) is 17.4 Å². The van der Waals surface area contributed by atoms with E-state index in [0.717, 1.165) is 18.2 Å². The van der Waals surface area contributed by atoms with Crippen molar-refractivity contribution in [3.05, 3.63) is 53.6 Å². The molecule has 2 atom stereocenters. The first-order valence-corrected chi connectivity index (χ1v) is 10.2. The summed E-state index contributed by atoms with van der Waals surface area (Å²) in [6.45, 7) is 0.852. The van der Waals surface area contributed by atoms with E-state index in [2.05, 4.69) is 15.4 Å². The summed E-state index contributed by atoms with van der Waals surface area (Å²) in [6.07, 6.45) is -5.18. The van der Waals surface area contributed by atoms with E-state index in [1.54, 1.807) is 0 Å². The topological polar surface area (TPSA) is 134 Å². The second kappa shape index (κ2) is 10.4. The van der Waals surface area contributed by atoms with Crippen LogP contribution in [0.5, 0.6) is 17.2 Å². The van der Waals surface area contributed by atoms with Crippen LogP contribution in [-0.2, 0) is 9.53 Å². The van der Waals surface area contributed by atoms with E-state index in [1.165, 1.54) is 24.3 Å². The highest BCUT2D eigenvalue weighted by atomic mass is 19.4. The lowest BCUT2D eigenvalue weighted by atomic mass is 10.1. The van der Waals surface area contributed by atoms with Gasteiger partial charge in [-0.05, 0) is 55.8 Å². The second-order valence-electron chi connectivity index (χ2n) is 7.46. The second-order valence-corrected chi connectivity index (χ2v) is 7.46. The number of amides is 1. The van der Waals surface area contributed by atoms with Gasteiger partial charge in [0, 0.05) is 12.1 Å². The van der Waals surface area contributed by atoms with Gasteiger partial charge < -0.3 is 30.3 Å². The Morgan fingerprint density at radius 2 is 1.76 bits per heavy atom. The monoisotopic (exact) mass is 482 g/mol. The van der Waals surface area contributed by atoms with Gasteiger partial charge in [-0.15, -0.1) is 0 Å². The van der Waals surface area contributed by atoms with Crippen molar-refractivity contribution < 1.29 is 47.2 Å². The number of carbonyl (C=O) groups excluding carboxylic acids is 3. The summed E-state index contributed by atoms with van der Waals surface area (Å²) in [5, 5.41) is 25.4. The van der Waals surface area contributed by atoms with Crippen LogP contribution < -0.4 is 15.4 Å². The molecule has 1 heterocycles. The first-order chi connectivity index (χ1) is 16.1. The molecule has 1 aliphatic heterocycles.